The van der Waals surface area contributed by atoms with Gasteiger partial charge in [0.05, 0.1) is 24.0 Å². The van der Waals surface area contributed by atoms with Crippen LogP contribution in [0.4, 0.5) is 11.4 Å². The van der Waals surface area contributed by atoms with E-state index in [-0.39, 0.29) is 5.91 Å². The number of pyridine rings is 1. The highest BCUT2D eigenvalue weighted by molar-refractivity contribution is 6.31. The number of carbonyl (C=O) groups is 1. The Kier molecular flexibility index (Phi) is 5.94. The van der Waals surface area contributed by atoms with Crippen LogP contribution >= 0.6 is 11.6 Å². The second kappa shape index (κ2) is 8.56. The molecule has 138 valence electrons. The number of methoxy groups -OCH3 is 1. The van der Waals surface area contributed by atoms with E-state index in [1.54, 1.807) is 24.4 Å². The lowest BCUT2D eigenvalue weighted by Crippen LogP contribution is -2.13. The summed E-state index contributed by atoms with van der Waals surface area (Å²) in [7, 11) is 1.53. The fourth-order valence-corrected chi connectivity index (χ4v) is 2.74. The predicted molar refractivity (Wildman–Crippen MR) is 109 cm³/mol. The zero-order valence-electron chi connectivity index (χ0n) is 15.1. The zero-order chi connectivity index (χ0) is 19.2. The minimum absolute atomic E-state index is 0.272. The maximum absolute atomic E-state index is 12.6. The number of hydrogen-bond acceptors (Lipinski definition) is 4. The van der Waals surface area contributed by atoms with Crippen molar-refractivity contribution in [2.75, 3.05) is 17.7 Å². The van der Waals surface area contributed by atoms with Crippen molar-refractivity contribution in [3.63, 3.8) is 0 Å². The molecule has 0 saturated heterocycles. The van der Waals surface area contributed by atoms with Crippen LogP contribution < -0.4 is 15.4 Å². The molecule has 0 aliphatic rings. The van der Waals surface area contributed by atoms with E-state index in [0.717, 1.165) is 16.8 Å². The number of carbonyl (C=O) groups excluding carboxylic acids is 1. The van der Waals surface area contributed by atoms with Gasteiger partial charge in [-0.1, -0.05) is 41.9 Å². The van der Waals surface area contributed by atoms with Gasteiger partial charge in [-0.05, 0) is 30.2 Å². The Morgan fingerprint density at radius 2 is 1.93 bits per heavy atom. The fraction of sp³-hybridized carbons (Fsp3) is 0.143. The third kappa shape index (κ3) is 4.77. The summed E-state index contributed by atoms with van der Waals surface area (Å²) in [4.78, 5) is 16.8. The van der Waals surface area contributed by atoms with E-state index < -0.39 is 0 Å². The number of aromatic nitrogens is 1. The van der Waals surface area contributed by atoms with Gasteiger partial charge in [-0.3, -0.25) is 9.78 Å². The number of halogens is 1. The molecule has 0 bridgehead atoms. The molecule has 3 rings (SSSR count). The maximum atomic E-state index is 12.6. The number of rotatable bonds is 6. The first kappa shape index (κ1) is 18.7. The zero-order valence-corrected chi connectivity index (χ0v) is 15.9. The predicted octanol–water partition coefficient (Wildman–Crippen LogP) is 4.92. The number of hydrogen-bond donors (Lipinski definition) is 2. The van der Waals surface area contributed by atoms with Crippen LogP contribution in [0.25, 0.3) is 0 Å². The lowest BCUT2D eigenvalue weighted by atomic mass is 10.2. The topological polar surface area (TPSA) is 63.2 Å². The first-order valence-corrected chi connectivity index (χ1v) is 8.83. The summed E-state index contributed by atoms with van der Waals surface area (Å²) < 4.78 is 5.30. The number of anilines is 2. The van der Waals surface area contributed by atoms with Gasteiger partial charge in [-0.15, -0.1) is 0 Å². The van der Waals surface area contributed by atoms with E-state index in [1.165, 1.54) is 13.3 Å². The van der Waals surface area contributed by atoms with Crippen LogP contribution in [0.3, 0.4) is 0 Å². The number of benzene rings is 2. The van der Waals surface area contributed by atoms with Crippen molar-refractivity contribution in [3.05, 3.63) is 82.6 Å². The molecule has 1 heterocycles. The van der Waals surface area contributed by atoms with Gasteiger partial charge < -0.3 is 15.4 Å². The summed E-state index contributed by atoms with van der Waals surface area (Å²) in [5.74, 6) is 0.233. The van der Waals surface area contributed by atoms with Crippen LogP contribution in [0, 0.1) is 6.92 Å². The van der Waals surface area contributed by atoms with E-state index in [1.807, 2.05) is 37.3 Å². The van der Waals surface area contributed by atoms with Gasteiger partial charge in [0.25, 0.3) is 5.91 Å². The molecule has 0 saturated carbocycles. The Morgan fingerprint density at radius 3 is 2.67 bits per heavy atom. The molecule has 5 nitrogen and oxygen atoms in total. The fourth-order valence-electron chi connectivity index (χ4n) is 2.59. The summed E-state index contributed by atoms with van der Waals surface area (Å²) in [6.45, 7) is 2.52. The molecule has 27 heavy (non-hydrogen) atoms. The molecule has 0 fully saturated rings. The quantitative estimate of drug-likeness (QED) is 0.636. The van der Waals surface area contributed by atoms with E-state index in [0.29, 0.717) is 28.6 Å². The number of nitrogens with zero attached hydrogens (tertiary/aromatic N) is 1. The molecule has 1 amide bonds. The summed E-state index contributed by atoms with van der Waals surface area (Å²) in [6.07, 6.45) is 3.21. The van der Waals surface area contributed by atoms with Crippen molar-refractivity contribution in [3.8, 4) is 5.75 Å². The highest BCUT2D eigenvalue weighted by atomic mass is 35.5. The third-order valence-corrected chi connectivity index (χ3v) is 4.48. The van der Waals surface area contributed by atoms with Crippen molar-refractivity contribution in [2.24, 2.45) is 0 Å². The van der Waals surface area contributed by atoms with Crippen LogP contribution in [0.15, 0.2) is 60.9 Å². The van der Waals surface area contributed by atoms with Gasteiger partial charge >= 0.3 is 0 Å². The average molecular weight is 382 g/mol. The highest BCUT2D eigenvalue weighted by Crippen LogP contribution is 2.31. The normalized spacial score (nSPS) is 10.3. The van der Waals surface area contributed by atoms with E-state index in [4.69, 9.17) is 16.3 Å². The molecular weight excluding hydrogens is 362 g/mol. The van der Waals surface area contributed by atoms with Gasteiger partial charge in [0.1, 0.15) is 5.75 Å². The molecule has 3 aromatic rings. The lowest BCUT2D eigenvalue weighted by molar-refractivity contribution is 0.102. The number of amides is 1. The SMILES string of the molecule is COc1cc(Cl)c(C)cc1NC(=O)c1cncc(NCc2ccccc2)c1. The van der Waals surface area contributed by atoms with Gasteiger partial charge in [0, 0.05) is 30.0 Å². The Balaban J connectivity index is 1.73. The molecule has 2 N–H and O–H groups in total. The van der Waals surface area contributed by atoms with Gasteiger partial charge in [-0.25, -0.2) is 0 Å². The van der Waals surface area contributed by atoms with Gasteiger partial charge in [0.15, 0.2) is 0 Å². The average Bonchev–Trinajstić information content (AvgIpc) is 2.70. The Labute approximate surface area is 163 Å². The summed E-state index contributed by atoms with van der Waals surface area (Å²) in [5.41, 5.74) is 3.78. The third-order valence-electron chi connectivity index (χ3n) is 4.07. The minimum Gasteiger partial charge on any atom is -0.495 e. The monoisotopic (exact) mass is 381 g/mol. The van der Waals surface area contributed by atoms with Crippen molar-refractivity contribution in [1.82, 2.24) is 4.98 Å². The molecule has 0 aliphatic heterocycles. The van der Waals surface area contributed by atoms with Crippen LogP contribution in [-0.2, 0) is 6.54 Å². The summed E-state index contributed by atoms with van der Waals surface area (Å²) in [6, 6.07) is 15.2. The largest absolute Gasteiger partial charge is 0.495 e. The molecule has 1 aromatic heterocycles. The first-order valence-electron chi connectivity index (χ1n) is 8.45. The standard InChI is InChI=1S/C21H20ClN3O2/c1-14-8-19(20(27-2)10-18(14)22)25-21(26)16-9-17(13-23-12-16)24-11-15-6-4-3-5-7-15/h3-10,12-13,24H,11H2,1-2H3,(H,25,26). The van der Waals surface area contributed by atoms with E-state index >= 15 is 0 Å². The Bertz CT molecular complexity index is 945. The number of ether oxygens (including phenoxy) is 1. The number of nitrogens with one attached hydrogen (secondary N) is 2. The minimum atomic E-state index is -0.272. The van der Waals surface area contributed by atoms with Crippen LogP contribution in [0.5, 0.6) is 5.75 Å². The molecule has 6 heteroatoms. The smallest absolute Gasteiger partial charge is 0.257 e. The molecule has 0 unspecified atom stereocenters. The second-order valence-corrected chi connectivity index (χ2v) is 6.46. The van der Waals surface area contributed by atoms with Crippen molar-refractivity contribution < 1.29 is 9.53 Å². The highest BCUT2D eigenvalue weighted by Gasteiger charge is 2.13. The van der Waals surface area contributed by atoms with Crippen LogP contribution in [0.1, 0.15) is 21.5 Å². The van der Waals surface area contributed by atoms with Gasteiger partial charge in [0.2, 0.25) is 0 Å². The van der Waals surface area contributed by atoms with Crippen molar-refractivity contribution in [1.29, 1.82) is 0 Å². The van der Waals surface area contributed by atoms with Gasteiger partial charge in [-0.2, -0.15) is 0 Å². The second-order valence-electron chi connectivity index (χ2n) is 6.06. The molecule has 0 radical (unpaired) electrons. The molecule has 2 aromatic carbocycles. The number of aryl methyl sites for hydroxylation is 1. The van der Waals surface area contributed by atoms with Crippen molar-refractivity contribution >= 4 is 28.9 Å². The molecule has 0 atom stereocenters. The summed E-state index contributed by atoms with van der Waals surface area (Å²) >= 11 is 6.11. The van der Waals surface area contributed by atoms with E-state index in [9.17, 15) is 4.79 Å². The molecular formula is C21H20ClN3O2. The van der Waals surface area contributed by atoms with Crippen LogP contribution in [0.2, 0.25) is 5.02 Å². The maximum Gasteiger partial charge on any atom is 0.257 e. The Morgan fingerprint density at radius 1 is 1.15 bits per heavy atom. The lowest BCUT2D eigenvalue weighted by Gasteiger charge is -2.13. The Hall–Kier alpha value is -3.05. The molecule has 0 aliphatic carbocycles. The van der Waals surface area contributed by atoms with Crippen LogP contribution in [-0.4, -0.2) is 18.0 Å². The summed E-state index contributed by atoms with van der Waals surface area (Å²) in [5, 5.41) is 6.71. The first-order chi connectivity index (χ1) is 13.1. The van der Waals surface area contributed by atoms with Crippen molar-refractivity contribution in [2.45, 2.75) is 13.5 Å². The van der Waals surface area contributed by atoms with E-state index in [2.05, 4.69) is 15.6 Å². The molecule has 0 spiro atoms.